The molecule has 0 bridgehead atoms. The van der Waals surface area contributed by atoms with Crippen LogP contribution < -0.4 is 11.1 Å². The summed E-state index contributed by atoms with van der Waals surface area (Å²) in [5.41, 5.74) is 5.15. The Morgan fingerprint density at radius 1 is 1.47 bits per heavy atom. The summed E-state index contributed by atoms with van der Waals surface area (Å²) in [5, 5.41) is 13.1. The highest BCUT2D eigenvalue weighted by Gasteiger charge is 2.23. The van der Waals surface area contributed by atoms with Gasteiger partial charge in [-0.3, -0.25) is 14.9 Å². The van der Waals surface area contributed by atoms with Crippen LogP contribution in [0.25, 0.3) is 0 Å². The van der Waals surface area contributed by atoms with E-state index >= 15 is 0 Å². The first-order valence-corrected chi connectivity index (χ1v) is 5.66. The van der Waals surface area contributed by atoms with Crippen LogP contribution in [0.5, 0.6) is 0 Å². The molecule has 6 nitrogen and oxygen atoms in total. The molecule has 1 amide bonds. The number of halogens is 1. The van der Waals surface area contributed by atoms with Gasteiger partial charge in [-0.1, -0.05) is 12.2 Å². The Bertz CT molecular complexity index is 559. The van der Waals surface area contributed by atoms with Crippen LogP contribution in [0.4, 0.5) is 15.8 Å². The van der Waals surface area contributed by atoms with Crippen molar-refractivity contribution in [3.05, 3.63) is 46.3 Å². The van der Waals surface area contributed by atoms with Crippen molar-refractivity contribution in [3.8, 4) is 0 Å². The summed E-state index contributed by atoms with van der Waals surface area (Å²) in [4.78, 5) is 21.6. The lowest BCUT2D eigenvalue weighted by molar-refractivity contribution is -0.387. The van der Waals surface area contributed by atoms with Crippen LogP contribution in [0.3, 0.4) is 0 Å². The highest BCUT2D eigenvalue weighted by Crippen LogP contribution is 2.23. The number of carbonyl (C=O) groups excluding carboxylic acids is 1. The minimum absolute atomic E-state index is 0.154. The number of nitrogens with zero attached hydrogens (tertiary/aromatic N) is 1. The summed E-state index contributed by atoms with van der Waals surface area (Å²) in [6.45, 7) is 0. The molecule has 2 rings (SSSR count). The van der Waals surface area contributed by atoms with E-state index in [0.717, 1.165) is 12.1 Å². The molecule has 2 atom stereocenters. The average Bonchev–Trinajstić information content (AvgIpc) is 2.78. The topological polar surface area (TPSA) is 98.3 Å². The van der Waals surface area contributed by atoms with Crippen LogP contribution in [0, 0.1) is 21.8 Å². The number of rotatable bonds is 3. The Morgan fingerprint density at radius 3 is 2.79 bits per heavy atom. The van der Waals surface area contributed by atoms with Crippen molar-refractivity contribution >= 4 is 17.3 Å². The van der Waals surface area contributed by atoms with E-state index in [0.29, 0.717) is 6.42 Å². The minimum atomic E-state index is -0.939. The molecule has 0 saturated carbocycles. The first-order valence-electron chi connectivity index (χ1n) is 5.66. The maximum Gasteiger partial charge on any atom is 0.306 e. The second-order valence-electron chi connectivity index (χ2n) is 4.30. The van der Waals surface area contributed by atoms with Gasteiger partial charge < -0.3 is 11.1 Å². The van der Waals surface area contributed by atoms with Crippen LogP contribution in [-0.2, 0) is 4.79 Å². The normalized spacial score (nSPS) is 21.4. The molecule has 100 valence electrons. The second kappa shape index (κ2) is 5.15. The molecule has 1 aliphatic carbocycles. The maximum absolute atomic E-state index is 13.1. The molecular formula is C12H12FN3O3. The second-order valence-corrected chi connectivity index (χ2v) is 4.30. The van der Waals surface area contributed by atoms with Crippen molar-refractivity contribution in [1.82, 2.24) is 0 Å². The SMILES string of the molecule is NC1C=CC(C(=O)Nc2ccc(F)c([N+](=O)[O-])c2)C1. The van der Waals surface area contributed by atoms with Gasteiger partial charge in [0.15, 0.2) is 0 Å². The number of anilines is 1. The van der Waals surface area contributed by atoms with Gasteiger partial charge in [0.1, 0.15) is 0 Å². The van der Waals surface area contributed by atoms with Gasteiger partial charge in [0.05, 0.1) is 10.8 Å². The van der Waals surface area contributed by atoms with Crippen LogP contribution in [0.2, 0.25) is 0 Å². The fourth-order valence-corrected chi connectivity index (χ4v) is 1.89. The van der Waals surface area contributed by atoms with Gasteiger partial charge in [-0.25, -0.2) is 0 Å². The molecule has 0 aromatic heterocycles. The third-order valence-electron chi connectivity index (χ3n) is 2.86. The number of amides is 1. The number of nitro groups is 1. The van der Waals surface area contributed by atoms with E-state index in [1.54, 1.807) is 12.2 Å². The standard InChI is InChI=1S/C12H12FN3O3/c13-10-4-3-9(6-11(10)16(18)19)15-12(17)7-1-2-8(14)5-7/h1-4,6-8H,5,14H2,(H,15,17). The zero-order valence-electron chi connectivity index (χ0n) is 9.88. The molecule has 2 unspecified atom stereocenters. The smallest absolute Gasteiger partial charge is 0.306 e. The Morgan fingerprint density at radius 2 is 2.21 bits per heavy atom. The van der Waals surface area contributed by atoms with Gasteiger partial charge in [-0.2, -0.15) is 4.39 Å². The van der Waals surface area contributed by atoms with Crippen molar-refractivity contribution in [3.63, 3.8) is 0 Å². The van der Waals surface area contributed by atoms with Crippen molar-refractivity contribution in [2.45, 2.75) is 12.5 Å². The summed E-state index contributed by atoms with van der Waals surface area (Å²) < 4.78 is 13.1. The number of benzene rings is 1. The fourth-order valence-electron chi connectivity index (χ4n) is 1.89. The number of nitro benzene ring substituents is 1. The Kier molecular flexibility index (Phi) is 3.57. The van der Waals surface area contributed by atoms with E-state index in [9.17, 15) is 19.3 Å². The third-order valence-corrected chi connectivity index (χ3v) is 2.86. The minimum Gasteiger partial charge on any atom is -0.325 e. The summed E-state index contributed by atoms with van der Waals surface area (Å²) in [7, 11) is 0. The van der Waals surface area contributed by atoms with E-state index < -0.39 is 16.4 Å². The lowest BCUT2D eigenvalue weighted by Crippen LogP contribution is -2.24. The summed E-state index contributed by atoms with van der Waals surface area (Å²) in [6.07, 6.45) is 3.92. The predicted molar refractivity (Wildman–Crippen MR) is 66.9 cm³/mol. The molecule has 3 N–H and O–H groups in total. The molecule has 0 fully saturated rings. The van der Waals surface area contributed by atoms with E-state index in [2.05, 4.69) is 5.32 Å². The Labute approximate surface area is 108 Å². The zero-order valence-corrected chi connectivity index (χ0v) is 9.88. The molecule has 1 aromatic carbocycles. The van der Waals surface area contributed by atoms with Crippen LogP contribution in [-0.4, -0.2) is 16.9 Å². The van der Waals surface area contributed by atoms with Gasteiger partial charge >= 0.3 is 5.69 Å². The van der Waals surface area contributed by atoms with E-state index in [1.165, 1.54) is 6.07 Å². The third kappa shape index (κ3) is 2.94. The number of nitrogens with two attached hydrogens (primary N) is 1. The van der Waals surface area contributed by atoms with E-state index in [4.69, 9.17) is 5.73 Å². The highest BCUT2D eigenvalue weighted by molar-refractivity contribution is 5.94. The number of nitrogens with one attached hydrogen (secondary N) is 1. The summed E-state index contributed by atoms with van der Waals surface area (Å²) >= 11 is 0. The molecule has 1 aromatic rings. The molecule has 7 heteroatoms. The highest BCUT2D eigenvalue weighted by atomic mass is 19.1. The Hall–Kier alpha value is -2.28. The van der Waals surface area contributed by atoms with E-state index in [-0.39, 0.29) is 23.6 Å². The largest absolute Gasteiger partial charge is 0.325 e. The maximum atomic E-state index is 13.1. The number of hydrogen-bond donors (Lipinski definition) is 2. The van der Waals surface area contributed by atoms with Gasteiger partial charge in [0.2, 0.25) is 11.7 Å². The van der Waals surface area contributed by atoms with Gasteiger partial charge in [0.25, 0.3) is 0 Å². The summed E-state index contributed by atoms with van der Waals surface area (Å²) in [6, 6.07) is 3.06. The molecule has 0 radical (unpaired) electrons. The van der Waals surface area contributed by atoms with Gasteiger partial charge in [-0.05, 0) is 18.6 Å². The molecule has 1 aliphatic rings. The average molecular weight is 265 g/mol. The number of hydrogen-bond acceptors (Lipinski definition) is 4. The first-order chi connectivity index (χ1) is 8.97. The molecular weight excluding hydrogens is 253 g/mol. The van der Waals surface area contributed by atoms with Crippen molar-refractivity contribution in [2.24, 2.45) is 11.7 Å². The van der Waals surface area contributed by atoms with Crippen LogP contribution in [0.15, 0.2) is 30.4 Å². The summed E-state index contributed by atoms with van der Waals surface area (Å²) in [5.74, 6) is -1.62. The lowest BCUT2D eigenvalue weighted by atomic mass is 10.1. The molecule has 0 heterocycles. The first kappa shape index (κ1) is 13.2. The zero-order chi connectivity index (χ0) is 14.0. The lowest BCUT2D eigenvalue weighted by Gasteiger charge is -2.10. The Balaban J connectivity index is 2.11. The molecule has 0 spiro atoms. The monoisotopic (exact) mass is 265 g/mol. The number of carbonyl (C=O) groups is 1. The molecule has 0 saturated heterocycles. The fraction of sp³-hybridized carbons (Fsp3) is 0.250. The molecule has 0 aliphatic heterocycles. The molecule has 19 heavy (non-hydrogen) atoms. The van der Waals surface area contributed by atoms with Crippen molar-refractivity contribution in [2.75, 3.05) is 5.32 Å². The van der Waals surface area contributed by atoms with Crippen LogP contribution >= 0.6 is 0 Å². The quantitative estimate of drug-likeness (QED) is 0.492. The van der Waals surface area contributed by atoms with E-state index in [1.807, 2.05) is 0 Å². The predicted octanol–water partition coefficient (Wildman–Crippen LogP) is 1.58. The van der Waals surface area contributed by atoms with Crippen molar-refractivity contribution in [1.29, 1.82) is 0 Å². The van der Waals surface area contributed by atoms with Gasteiger partial charge in [-0.15, -0.1) is 0 Å². The van der Waals surface area contributed by atoms with Gasteiger partial charge in [0, 0.05) is 17.8 Å². The van der Waals surface area contributed by atoms with Crippen molar-refractivity contribution < 1.29 is 14.1 Å². The van der Waals surface area contributed by atoms with Crippen LogP contribution in [0.1, 0.15) is 6.42 Å².